The van der Waals surface area contributed by atoms with Crippen LogP contribution in [-0.2, 0) is 4.79 Å². The molecule has 0 radical (unpaired) electrons. The summed E-state index contributed by atoms with van der Waals surface area (Å²) in [4.78, 5) is 11.5. The van der Waals surface area contributed by atoms with E-state index < -0.39 is 0 Å². The molecule has 1 aliphatic rings. The quantitative estimate of drug-likeness (QED) is 0.348. The van der Waals surface area contributed by atoms with Gasteiger partial charge in [-0.1, -0.05) is 12.1 Å². The lowest BCUT2D eigenvalue weighted by Crippen LogP contribution is -2.56. The lowest BCUT2D eigenvalue weighted by Gasteiger charge is -2.28. The minimum atomic E-state index is -0.367. The second-order valence-corrected chi connectivity index (χ2v) is 4.15. The van der Waals surface area contributed by atoms with Crippen LogP contribution in [-0.4, -0.2) is 17.5 Å². The van der Waals surface area contributed by atoms with Crippen molar-refractivity contribution in [3.05, 3.63) is 24.3 Å². The van der Waals surface area contributed by atoms with Crippen LogP contribution in [0.5, 0.6) is 0 Å². The van der Waals surface area contributed by atoms with E-state index in [1.807, 2.05) is 18.2 Å². The second kappa shape index (κ2) is 4.59. The number of rotatable bonds is 2. The Labute approximate surface area is 98.3 Å². The molecule has 2 unspecified atom stereocenters. The van der Waals surface area contributed by atoms with E-state index in [0.29, 0.717) is 12.1 Å². The molecule has 2 atom stereocenters. The zero-order valence-corrected chi connectivity index (χ0v) is 9.29. The summed E-state index contributed by atoms with van der Waals surface area (Å²) >= 11 is 5.89. The van der Waals surface area contributed by atoms with Crippen molar-refractivity contribution in [2.24, 2.45) is 0 Å². The number of halogens is 1. The number of nitrogens with one attached hydrogen (secondary N) is 3. The topological polar surface area (TPSA) is 79.2 Å². The van der Waals surface area contributed by atoms with Crippen LogP contribution in [0, 0.1) is 0 Å². The van der Waals surface area contributed by atoms with E-state index in [1.165, 1.54) is 0 Å². The zero-order valence-electron chi connectivity index (χ0n) is 8.53. The third kappa shape index (κ3) is 2.37. The van der Waals surface area contributed by atoms with Crippen molar-refractivity contribution in [2.75, 3.05) is 11.1 Å². The van der Waals surface area contributed by atoms with Crippen molar-refractivity contribution >= 4 is 28.9 Å². The van der Waals surface area contributed by atoms with Crippen molar-refractivity contribution in [1.82, 2.24) is 10.9 Å². The molecule has 6 heteroatoms. The van der Waals surface area contributed by atoms with Gasteiger partial charge in [-0.05, 0) is 12.1 Å². The normalized spacial score (nSPS) is 24.9. The summed E-state index contributed by atoms with van der Waals surface area (Å²) in [5.41, 5.74) is 12.0. The van der Waals surface area contributed by atoms with Crippen molar-refractivity contribution in [3.63, 3.8) is 0 Å². The zero-order chi connectivity index (χ0) is 11.5. The van der Waals surface area contributed by atoms with E-state index in [9.17, 15) is 4.79 Å². The summed E-state index contributed by atoms with van der Waals surface area (Å²) in [6.45, 7) is 0. The molecule has 1 amide bonds. The number of carbonyl (C=O) groups is 1. The highest BCUT2D eigenvalue weighted by atomic mass is 35.5. The Morgan fingerprint density at radius 3 is 2.94 bits per heavy atom. The number of para-hydroxylation sites is 2. The van der Waals surface area contributed by atoms with Crippen LogP contribution in [0.2, 0.25) is 0 Å². The average molecular weight is 241 g/mol. The minimum absolute atomic E-state index is 0.139. The number of anilines is 2. The Balaban J connectivity index is 2.09. The Morgan fingerprint density at radius 1 is 1.44 bits per heavy atom. The van der Waals surface area contributed by atoms with Crippen LogP contribution >= 0.6 is 11.6 Å². The number of nitrogens with two attached hydrogens (primary N) is 1. The molecule has 86 valence electrons. The van der Waals surface area contributed by atoms with Gasteiger partial charge in [0.15, 0.2) is 0 Å². The van der Waals surface area contributed by atoms with E-state index in [0.717, 1.165) is 5.69 Å². The summed E-state index contributed by atoms with van der Waals surface area (Å²) in [6.07, 6.45) is 0.502. The van der Waals surface area contributed by atoms with Crippen LogP contribution in [0.25, 0.3) is 0 Å². The molecular weight excluding hydrogens is 228 g/mol. The van der Waals surface area contributed by atoms with Crippen LogP contribution in [0.15, 0.2) is 24.3 Å². The van der Waals surface area contributed by atoms with Gasteiger partial charge in [0.1, 0.15) is 11.5 Å². The van der Waals surface area contributed by atoms with Gasteiger partial charge in [-0.25, -0.2) is 5.43 Å². The minimum Gasteiger partial charge on any atom is -0.397 e. The number of carbonyl (C=O) groups excluding carboxylic acids is 1. The fraction of sp³-hybridized carbons (Fsp3) is 0.300. The molecule has 1 aromatic rings. The van der Waals surface area contributed by atoms with E-state index in [4.69, 9.17) is 17.3 Å². The largest absolute Gasteiger partial charge is 0.397 e. The maximum Gasteiger partial charge on any atom is 0.256 e. The van der Waals surface area contributed by atoms with Gasteiger partial charge in [0.2, 0.25) is 0 Å². The fourth-order valence-corrected chi connectivity index (χ4v) is 1.78. The number of hydrogen-bond acceptors (Lipinski definition) is 4. The smallest absolute Gasteiger partial charge is 0.256 e. The average Bonchev–Trinajstić information content (AvgIpc) is 2.27. The number of hydrazine groups is 1. The third-order valence-electron chi connectivity index (χ3n) is 2.40. The van der Waals surface area contributed by atoms with Crippen LogP contribution in [0.3, 0.4) is 0 Å². The molecule has 2 rings (SSSR count). The monoisotopic (exact) mass is 240 g/mol. The molecule has 0 aliphatic carbocycles. The first-order chi connectivity index (χ1) is 7.66. The lowest BCUT2D eigenvalue weighted by atomic mass is 10.1. The molecule has 1 fully saturated rings. The first-order valence-corrected chi connectivity index (χ1v) is 5.41. The molecule has 0 aromatic heterocycles. The van der Waals surface area contributed by atoms with Gasteiger partial charge in [0.25, 0.3) is 5.91 Å². The number of benzene rings is 1. The lowest BCUT2D eigenvalue weighted by molar-refractivity contribution is -0.124. The van der Waals surface area contributed by atoms with Gasteiger partial charge in [-0.2, -0.15) is 0 Å². The van der Waals surface area contributed by atoms with E-state index in [2.05, 4.69) is 16.2 Å². The molecule has 1 heterocycles. The molecule has 16 heavy (non-hydrogen) atoms. The standard InChI is InChI=1S/C10H13ClN4O/c11-9-5-8(10(16)15-14-9)13-7-4-2-1-3-6(7)12/h1-4,8-9,13-14H,5,12H2,(H,15,16). The van der Waals surface area contributed by atoms with Gasteiger partial charge in [-0.15, -0.1) is 11.6 Å². The molecule has 5 nitrogen and oxygen atoms in total. The summed E-state index contributed by atoms with van der Waals surface area (Å²) in [5.74, 6) is -0.139. The van der Waals surface area contributed by atoms with Crippen molar-refractivity contribution < 1.29 is 4.79 Å². The molecule has 0 bridgehead atoms. The number of alkyl halides is 1. The van der Waals surface area contributed by atoms with E-state index >= 15 is 0 Å². The molecule has 1 aliphatic heterocycles. The Hall–Kier alpha value is -1.46. The highest BCUT2D eigenvalue weighted by Crippen LogP contribution is 2.20. The van der Waals surface area contributed by atoms with Crippen molar-refractivity contribution in [2.45, 2.75) is 18.0 Å². The summed E-state index contributed by atoms with van der Waals surface area (Å²) in [7, 11) is 0. The van der Waals surface area contributed by atoms with Crippen molar-refractivity contribution in [3.8, 4) is 0 Å². The van der Waals surface area contributed by atoms with Gasteiger partial charge < -0.3 is 11.1 Å². The highest BCUT2D eigenvalue weighted by molar-refractivity contribution is 6.20. The van der Waals surface area contributed by atoms with Crippen LogP contribution in [0.1, 0.15) is 6.42 Å². The van der Waals surface area contributed by atoms with Gasteiger partial charge in [0, 0.05) is 6.42 Å². The Bertz CT molecular complexity index is 398. The first kappa shape index (κ1) is 11.0. The molecule has 1 saturated heterocycles. The Kier molecular flexibility index (Phi) is 3.17. The molecule has 1 aromatic carbocycles. The molecule has 0 saturated carbocycles. The summed E-state index contributed by atoms with van der Waals surface area (Å²) in [6, 6.07) is 6.94. The van der Waals surface area contributed by atoms with E-state index in [-0.39, 0.29) is 17.5 Å². The SMILES string of the molecule is Nc1ccccc1NC1CC(Cl)NNC1=O. The molecule has 5 N–H and O–H groups in total. The third-order valence-corrected chi connectivity index (χ3v) is 2.69. The second-order valence-electron chi connectivity index (χ2n) is 3.62. The first-order valence-electron chi connectivity index (χ1n) is 4.97. The van der Waals surface area contributed by atoms with Gasteiger partial charge >= 0.3 is 0 Å². The maximum atomic E-state index is 11.5. The maximum absolute atomic E-state index is 11.5. The van der Waals surface area contributed by atoms with Gasteiger partial charge in [0.05, 0.1) is 11.4 Å². The number of amides is 1. The van der Waals surface area contributed by atoms with Gasteiger partial charge in [-0.3, -0.25) is 10.2 Å². The summed E-state index contributed by atoms with van der Waals surface area (Å²) in [5, 5.41) is 3.07. The Morgan fingerprint density at radius 2 is 2.19 bits per heavy atom. The predicted octanol–water partition coefficient (Wildman–Crippen LogP) is 0.639. The van der Waals surface area contributed by atoms with Crippen molar-refractivity contribution in [1.29, 1.82) is 0 Å². The van der Waals surface area contributed by atoms with Crippen LogP contribution in [0.4, 0.5) is 11.4 Å². The predicted molar refractivity (Wildman–Crippen MR) is 63.8 cm³/mol. The molecule has 0 spiro atoms. The fourth-order valence-electron chi connectivity index (χ4n) is 1.55. The van der Waals surface area contributed by atoms with E-state index in [1.54, 1.807) is 6.07 Å². The molecular formula is C10H13ClN4O. The van der Waals surface area contributed by atoms with Crippen LogP contribution < -0.4 is 21.9 Å². The number of nitrogen functional groups attached to an aromatic ring is 1. The highest BCUT2D eigenvalue weighted by Gasteiger charge is 2.27. The number of hydrogen-bond donors (Lipinski definition) is 4. The summed E-state index contributed by atoms with van der Waals surface area (Å²) < 4.78 is 0.